The normalized spacial score (nSPS) is 12.1. The first-order valence-electron chi connectivity index (χ1n) is 4.02. The number of ether oxygens (including phenoxy) is 1. The maximum absolute atomic E-state index is 12.4. The van der Waals surface area contributed by atoms with Crippen molar-refractivity contribution in [1.82, 2.24) is 0 Å². The van der Waals surface area contributed by atoms with E-state index in [2.05, 4.69) is 4.74 Å². The van der Waals surface area contributed by atoms with Crippen LogP contribution in [0.3, 0.4) is 0 Å². The van der Waals surface area contributed by atoms with E-state index in [0.717, 1.165) is 6.07 Å². The summed E-state index contributed by atoms with van der Waals surface area (Å²) in [6, 6.07) is 3.71. The maximum Gasteiger partial charge on any atom is 0.417 e. The summed E-state index contributed by atoms with van der Waals surface area (Å²) in [6.07, 6.45) is -1.80. The quantitative estimate of drug-likeness (QED) is 0.706. The molecule has 0 atom stereocenters. The van der Waals surface area contributed by atoms with E-state index >= 15 is 0 Å². The second-order valence-corrected chi connectivity index (χ2v) is 3.12. The van der Waals surface area contributed by atoms with E-state index in [4.69, 9.17) is 11.6 Å². The molecule has 1 nitrogen and oxygen atoms in total. The van der Waals surface area contributed by atoms with Gasteiger partial charge in [-0.1, -0.05) is 23.7 Å². The van der Waals surface area contributed by atoms with Crippen molar-refractivity contribution < 1.29 is 17.9 Å². The Hall–Kier alpha value is -1.16. The van der Waals surface area contributed by atoms with Crippen LogP contribution in [0.4, 0.5) is 13.2 Å². The molecule has 1 aromatic carbocycles. The summed E-state index contributed by atoms with van der Waals surface area (Å²) in [6.45, 7) is 0. The van der Waals surface area contributed by atoms with Gasteiger partial charge in [-0.25, -0.2) is 0 Å². The van der Waals surface area contributed by atoms with Gasteiger partial charge in [-0.2, -0.15) is 13.2 Å². The third-order valence-electron chi connectivity index (χ3n) is 1.72. The SMILES string of the molecule is CO/C=C/c1cccc(C(F)(F)F)c1Cl. The van der Waals surface area contributed by atoms with Crippen molar-refractivity contribution in [3.63, 3.8) is 0 Å². The van der Waals surface area contributed by atoms with Gasteiger partial charge < -0.3 is 4.74 Å². The van der Waals surface area contributed by atoms with E-state index in [1.165, 1.54) is 31.6 Å². The molecule has 0 N–H and O–H groups in total. The first-order chi connectivity index (χ1) is 6.96. The van der Waals surface area contributed by atoms with Gasteiger partial charge in [0.05, 0.1) is 24.0 Å². The van der Waals surface area contributed by atoms with Gasteiger partial charge in [0.15, 0.2) is 0 Å². The van der Waals surface area contributed by atoms with E-state index < -0.39 is 11.7 Å². The fourth-order valence-corrected chi connectivity index (χ4v) is 1.33. The average Bonchev–Trinajstić information content (AvgIpc) is 2.14. The molecule has 0 radical (unpaired) electrons. The van der Waals surface area contributed by atoms with Crippen LogP contribution in [0.25, 0.3) is 6.08 Å². The summed E-state index contributed by atoms with van der Waals surface area (Å²) >= 11 is 5.60. The molecule has 0 aliphatic heterocycles. The van der Waals surface area contributed by atoms with Crippen LogP contribution in [0.5, 0.6) is 0 Å². The number of hydrogen-bond acceptors (Lipinski definition) is 1. The van der Waals surface area contributed by atoms with Crippen molar-refractivity contribution >= 4 is 17.7 Å². The molecular formula is C10H8ClF3O. The molecule has 0 bridgehead atoms. The fraction of sp³-hybridized carbons (Fsp3) is 0.200. The molecule has 0 amide bonds. The molecule has 15 heavy (non-hydrogen) atoms. The van der Waals surface area contributed by atoms with Crippen molar-refractivity contribution in [3.8, 4) is 0 Å². The highest BCUT2D eigenvalue weighted by Crippen LogP contribution is 2.36. The summed E-state index contributed by atoms with van der Waals surface area (Å²) in [4.78, 5) is 0. The van der Waals surface area contributed by atoms with Gasteiger partial charge in [0.2, 0.25) is 0 Å². The molecule has 1 rings (SSSR count). The Bertz CT molecular complexity index is 371. The van der Waals surface area contributed by atoms with Crippen molar-refractivity contribution in [2.24, 2.45) is 0 Å². The standard InChI is InChI=1S/C10H8ClF3O/c1-15-6-5-7-3-2-4-8(9(7)11)10(12,13)14/h2-6H,1H3/b6-5+. The Labute approximate surface area is 90.1 Å². The molecule has 1 aromatic rings. The van der Waals surface area contributed by atoms with E-state index in [0.29, 0.717) is 0 Å². The first-order valence-corrected chi connectivity index (χ1v) is 4.39. The van der Waals surface area contributed by atoms with Crippen LogP contribution in [0, 0.1) is 0 Å². The van der Waals surface area contributed by atoms with Crippen LogP contribution in [0.1, 0.15) is 11.1 Å². The lowest BCUT2D eigenvalue weighted by molar-refractivity contribution is -0.137. The topological polar surface area (TPSA) is 9.23 Å². The molecule has 5 heteroatoms. The maximum atomic E-state index is 12.4. The van der Waals surface area contributed by atoms with Crippen molar-refractivity contribution in [2.75, 3.05) is 7.11 Å². The zero-order valence-electron chi connectivity index (χ0n) is 7.81. The molecule has 0 fully saturated rings. The Morgan fingerprint density at radius 2 is 2.00 bits per heavy atom. The molecular weight excluding hydrogens is 229 g/mol. The van der Waals surface area contributed by atoms with Crippen molar-refractivity contribution in [1.29, 1.82) is 0 Å². The first kappa shape index (κ1) is 11.9. The van der Waals surface area contributed by atoms with E-state index in [-0.39, 0.29) is 10.6 Å². The highest BCUT2D eigenvalue weighted by Gasteiger charge is 2.33. The monoisotopic (exact) mass is 236 g/mol. The lowest BCUT2D eigenvalue weighted by Crippen LogP contribution is -2.06. The Balaban J connectivity index is 3.17. The molecule has 0 saturated carbocycles. The molecule has 0 unspecified atom stereocenters. The molecule has 0 aliphatic rings. The summed E-state index contributed by atoms with van der Waals surface area (Å²) in [5.74, 6) is 0. The highest BCUT2D eigenvalue weighted by molar-refractivity contribution is 6.32. The van der Waals surface area contributed by atoms with Crippen molar-refractivity contribution in [3.05, 3.63) is 40.6 Å². The molecule has 0 aliphatic carbocycles. The number of methoxy groups -OCH3 is 1. The second-order valence-electron chi connectivity index (χ2n) is 2.74. The molecule has 0 spiro atoms. The highest BCUT2D eigenvalue weighted by atomic mass is 35.5. The predicted molar refractivity (Wildman–Crippen MR) is 52.5 cm³/mol. The molecule has 0 heterocycles. The lowest BCUT2D eigenvalue weighted by atomic mass is 10.1. The number of benzene rings is 1. The minimum atomic E-state index is -4.44. The number of rotatable bonds is 2. The average molecular weight is 237 g/mol. The third kappa shape index (κ3) is 2.89. The smallest absolute Gasteiger partial charge is 0.417 e. The van der Waals surface area contributed by atoms with Gasteiger partial charge in [-0.05, 0) is 17.7 Å². The Morgan fingerprint density at radius 1 is 1.33 bits per heavy atom. The molecule has 0 saturated heterocycles. The zero-order valence-corrected chi connectivity index (χ0v) is 8.56. The molecule has 82 valence electrons. The zero-order chi connectivity index (χ0) is 11.5. The predicted octanol–water partition coefficient (Wildman–Crippen LogP) is 3.98. The van der Waals surface area contributed by atoms with Gasteiger partial charge in [0.25, 0.3) is 0 Å². The van der Waals surface area contributed by atoms with Gasteiger partial charge >= 0.3 is 6.18 Å². The van der Waals surface area contributed by atoms with E-state index in [9.17, 15) is 13.2 Å². The largest absolute Gasteiger partial charge is 0.504 e. The summed E-state index contributed by atoms with van der Waals surface area (Å²) in [5.41, 5.74) is -0.573. The van der Waals surface area contributed by atoms with Gasteiger partial charge in [-0.3, -0.25) is 0 Å². The third-order valence-corrected chi connectivity index (χ3v) is 2.14. The van der Waals surface area contributed by atoms with Gasteiger partial charge in [-0.15, -0.1) is 0 Å². The van der Waals surface area contributed by atoms with Gasteiger partial charge in [0.1, 0.15) is 0 Å². The molecule has 0 aromatic heterocycles. The fourth-order valence-electron chi connectivity index (χ4n) is 1.04. The number of hydrogen-bond donors (Lipinski definition) is 0. The van der Waals surface area contributed by atoms with E-state index in [1.54, 1.807) is 0 Å². The number of halogens is 4. The van der Waals surface area contributed by atoms with Gasteiger partial charge in [0, 0.05) is 0 Å². The van der Waals surface area contributed by atoms with Crippen LogP contribution in [0.15, 0.2) is 24.5 Å². The van der Waals surface area contributed by atoms with Crippen LogP contribution in [0.2, 0.25) is 5.02 Å². The minimum absolute atomic E-state index is 0.272. The summed E-state index contributed by atoms with van der Waals surface area (Å²) < 4.78 is 41.8. The van der Waals surface area contributed by atoms with Crippen molar-refractivity contribution in [2.45, 2.75) is 6.18 Å². The minimum Gasteiger partial charge on any atom is -0.504 e. The van der Waals surface area contributed by atoms with Crippen LogP contribution >= 0.6 is 11.6 Å². The van der Waals surface area contributed by atoms with Crippen LogP contribution < -0.4 is 0 Å². The summed E-state index contributed by atoms with van der Waals surface area (Å²) in [7, 11) is 1.40. The van der Waals surface area contributed by atoms with Crippen LogP contribution in [-0.2, 0) is 10.9 Å². The summed E-state index contributed by atoms with van der Waals surface area (Å²) in [5, 5.41) is -0.321. The lowest BCUT2D eigenvalue weighted by Gasteiger charge is -2.10. The Morgan fingerprint density at radius 3 is 2.53 bits per heavy atom. The van der Waals surface area contributed by atoms with E-state index in [1.807, 2.05) is 0 Å². The second kappa shape index (κ2) is 4.57. The Kier molecular flexibility index (Phi) is 3.63. The van der Waals surface area contributed by atoms with Crippen LogP contribution in [-0.4, -0.2) is 7.11 Å². The number of alkyl halides is 3.